The summed E-state index contributed by atoms with van der Waals surface area (Å²) in [6.07, 6.45) is -1.41. The summed E-state index contributed by atoms with van der Waals surface area (Å²) in [6, 6.07) is 0. The van der Waals surface area contributed by atoms with Gasteiger partial charge in [0.05, 0.1) is 6.10 Å². The first kappa shape index (κ1) is 7.53. The molecule has 3 N–H and O–H groups in total. The smallest absolute Gasteiger partial charge is 0.213 e. The van der Waals surface area contributed by atoms with Crippen molar-refractivity contribution in [3.8, 4) is 0 Å². The van der Waals surface area contributed by atoms with Crippen molar-refractivity contribution >= 4 is 0 Å². The Morgan fingerprint density at radius 1 is 1.50 bits per heavy atom. The Kier molecular flexibility index (Phi) is 1.94. The van der Waals surface area contributed by atoms with Gasteiger partial charge in [-0.05, 0) is 13.0 Å². The molecule has 0 aliphatic carbocycles. The number of hydrogen-bond donors (Lipinski definition) is 3. The second-order valence-electron chi connectivity index (χ2n) is 2.28. The predicted molar refractivity (Wildman–Crippen MR) is 33.3 cm³/mol. The minimum atomic E-state index is -1.28. The molecule has 1 rings (SSSR count). The fourth-order valence-electron chi connectivity index (χ4n) is 0.746. The van der Waals surface area contributed by atoms with E-state index in [-0.39, 0.29) is 5.76 Å². The van der Waals surface area contributed by atoms with Gasteiger partial charge in [-0.15, -0.1) is 0 Å². The predicted octanol–water partition coefficient (Wildman–Crippen LogP) is -0.474. The van der Waals surface area contributed by atoms with Crippen LogP contribution < -0.4 is 0 Å². The van der Waals surface area contributed by atoms with E-state index in [9.17, 15) is 0 Å². The SMILES string of the molecule is CC1OC(O)C(O)=CC1O. The third kappa shape index (κ3) is 1.29. The lowest BCUT2D eigenvalue weighted by molar-refractivity contribution is -0.159. The number of hydrogen-bond acceptors (Lipinski definition) is 4. The van der Waals surface area contributed by atoms with Crippen LogP contribution >= 0.6 is 0 Å². The first-order chi connectivity index (χ1) is 4.61. The Morgan fingerprint density at radius 3 is 2.60 bits per heavy atom. The first-order valence-corrected chi connectivity index (χ1v) is 3.03. The zero-order valence-electron chi connectivity index (χ0n) is 5.56. The molecule has 3 atom stereocenters. The molecule has 0 radical (unpaired) electrons. The molecule has 1 heterocycles. The maximum absolute atomic E-state index is 8.99. The maximum Gasteiger partial charge on any atom is 0.213 e. The van der Waals surface area contributed by atoms with E-state index >= 15 is 0 Å². The molecule has 1 aliphatic heterocycles. The van der Waals surface area contributed by atoms with Gasteiger partial charge in [-0.3, -0.25) is 0 Å². The van der Waals surface area contributed by atoms with Crippen LogP contribution in [-0.2, 0) is 4.74 Å². The molecule has 0 bridgehead atoms. The minimum absolute atomic E-state index is 0.328. The molecule has 0 amide bonds. The van der Waals surface area contributed by atoms with Crippen molar-refractivity contribution in [2.75, 3.05) is 0 Å². The summed E-state index contributed by atoms with van der Waals surface area (Å²) in [5.41, 5.74) is 0. The van der Waals surface area contributed by atoms with Crippen LogP contribution in [-0.4, -0.2) is 33.8 Å². The van der Waals surface area contributed by atoms with E-state index in [1.165, 1.54) is 6.08 Å². The zero-order valence-corrected chi connectivity index (χ0v) is 5.56. The normalized spacial score (nSPS) is 41.1. The Labute approximate surface area is 58.4 Å². The third-order valence-electron chi connectivity index (χ3n) is 1.42. The van der Waals surface area contributed by atoms with Crippen LogP contribution in [0.15, 0.2) is 11.8 Å². The fourth-order valence-corrected chi connectivity index (χ4v) is 0.746. The van der Waals surface area contributed by atoms with Gasteiger partial charge >= 0.3 is 0 Å². The Balaban J connectivity index is 2.69. The molecule has 3 unspecified atom stereocenters. The molecule has 58 valence electrons. The van der Waals surface area contributed by atoms with Gasteiger partial charge in [0.25, 0.3) is 0 Å². The molecule has 0 aromatic heterocycles. The van der Waals surface area contributed by atoms with Crippen LogP contribution in [0.25, 0.3) is 0 Å². The molecule has 0 saturated carbocycles. The second kappa shape index (κ2) is 2.57. The van der Waals surface area contributed by atoms with Gasteiger partial charge in [-0.1, -0.05) is 0 Å². The van der Waals surface area contributed by atoms with Crippen molar-refractivity contribution in [1.29, 1.82) is 0 Å². The van der Waals surface area contributed by atoms with Crippen molar-refractivity contribution < 1.29 is 20.1 Å². The highest BCUT2D eigenvalue weighted by Crippen LogP contribution is 2.15. The van der Waals surface area contributed by atoms with Gasteiger partial charge in [-0.2, -0.15) is 0 Å². The van der Waals surface area contributed by atoms with Crippen molar-refractivity contribution in [2.24, 2.45) is 0 Å². The monoisotopic (exact) mass is 146 g/mol. The lowest BCUT2D eigenvalue weighted by Gasteiger charge is -2.25. The molecule has 0 aromatic carbocycles. The van der Waals surface area contributed by atoms with Crippen molar-refractivity contribution in [3.63, 3.8) is 0 Å². The topological polar surface area (TPSA) is 69.9 Å². The lowest BCUT2D eigenvalue weighted by atomic mass is 10.1. The summed E-state index contributed by atoms with van der Waals surface area (Å²) in [5, 5.41) is 26.6. The molecule has 0 aromatic rings. The van der Waals surface area contributed by atoms with Gasteiger partial charge in [-0.25, -0.2) is 0 Å². The number of aliphatic hydroxyl groups is 3. The first-order valence-electron chi connectivity index (χ1n) is 3.03. The molecular weight excluding hydrogens is 136 g/mol. The van der Waals surface area contributed by atoms with E-state index in [2.05, 4.69) is 0 Å². The van der Waals surface area contributed by atoms with Gasteiger partial charge < -0.3 is 20.1 Å². The highest BCUT2D eigenvalue weighted by Gasteiger charge is 2.25. The molecule has 1 aliphatic rings. The standard InChI is InChI=1S/C6H10O4/c1-3-4(7)2-5(8)6(9)10-3/h2-4,6-9H,1H3. The number of ether oxygens (including phenoxy) is 1. The largest absolute Gasteiger partial charge is 0.507 e. The van der Waals surface area contributed by atoms with E-state index in [0.29, 0.717) is 0 Å². The Bertz CT molecular complexity index is 154. The Morgan fingerprint density at radius 2 is 2.10 bits per heavy atom. The molecule has 10 heavy (non-hydrogen) atoms. The van der Waals surface area contributed by atoms with Gasteiger partial charge in [0.1, 0.15) is 11.9 Å². The van der Waals surface area contributed by atoms with E-state index in [0.717, 1.165) is 0 Å². The second-order valence-corrected chi connectivity index (χ2v) is 2.28. The van der Waals surface area contributed by atoms with E-state index in [1.54, 1.807) is 6.92 Å². The van der Waals surface area contributed by atoms with Crippen molar-refractivity contribution in [3.05, 3.63) is 11.8 Å². The van der Waals surface area contributed by atoms with E-state index in [1.807, 2.05) is 0 Å². The fraction of sp³-hybridized carbons (Fsp3) is 0.667. The van der Waals surface area contributed by atoms with Crippen molar-refractivity contribution in [1.82, 2.24) is 0 Å². The summed E-state index contributed by atoms with van der Waals surface area (Å²) in [7, 11) is 0. The highest BCUT2D eigenvalue weighted by molar-refractivity contribution is 5.04. The van der Waals surface area contributed by atoms with Gasteiger partial charge in [0.2, 0.25) is 6.29 Å². The van der Waals surface area contributed by atoms with Gasteiger partial charge in [0, 0.05) is 0 Å². The minimum Gasteiger partial charge on any atom is -0.507 e. The average Bonchev–Trinajstić information content (AvgIpc) is 1.84. The summed E-state index contributed by atoms with van der Waals surface area (Å²) < 4.78 is 4.70. The van der Waals surface area contributed by atoms with E-state index in [4.69, 9.17) is 20.1 Å². The Hall–Kier alpha value is -0.580. The summed E-state index contributed by atoms with van der Waals surface area (Å²) in [4.78, 5) is 0. The average molecular weight is 146 g/mol. The van der Waals surface area contributed by atoms with Crippen LogP contribution in [0, 0.1) is 0 Å². The third-order valence-corrected chi connectivity index (χ3v) is 1.42. The highest BCUT2D eigenvalue weighted by atomic mass is 16.6. The van der Waals surface area contributed by atoms with Crippen LogP contribution in [0.1, 0.15) is 6.92 Å². The zero-order chi connectivity index (χ0) is 7.72. The summed E-state index contributed by atoms with van der Waals surface area (Å²) in [5.74, 6) is -0.328. The molecule has 0 saturated heterocycles. The van der Waals surface area contributed by atoms with Gasteiger partial charge in [0.15, 0.2) is 0 Å². The molecule has 0 spiro atoms. The van der Waals surface area contributed by atoms with Crippen LogP contribution in [0.2, 0.25) is 0 Å². The summed E-state index contributed by atoms with van der Waals surface area (Å²) in [6.45, 7) is 1.61. The van der Waals surface area contributed by atoms with Crippen molar-refractivity contribution in [2.45, 2.75) is 25.4 Å². The van der Waals surface area contributed by atoms with Crippen LogP contribution in [0.5, 0.6) is 0 Å². The number of rotatable bonds is 0. The van der Waals surface area contributed by atoms with Crippen LogP contribution in [0.4, 0.5) is 0 Å². The lowest BCUT2D eigenvalue weighted by Crippen LogP contribution is -2.35. The molecular formula is C6H10O4. The quantitative estimate of drug-likeness (QED) is 0.432. The molecule has 4 heteroatoms. The summed E-state index contributed by atoms with van der Waals surface area (Å²) >= 11 is 0. The van der Waals surface area contributed by atoms with E-state index < -0.39 is 18.5 Å². The maximum atomic E-state index is 8.99. The molecule has 4 nitrogen and oxygen atoms in total. The van der Waals surface area contributed by atoms with Crippen LogP contribution in [0.3, 0.4) is 0 Å². The molecule has 0 fully saturated rings. The number of aliphatic hydroxyl groups excluding tert-OH is 3.